The minimum atomic E-state index is -0.822. The molecule has 0 heterocycles. The van der Waals surface area contributed by atoms with E-state index in [1.807, 2.05) is 36.4 Å². The summed E-state index contributed by atoms with van der Waals surface area (Å²) in [7, 11) is 11.4. The van der Waals surface area contributed by atoms with Gasteiger partial charge in [-0.25, -0.2) is 0 Å². The number of rotatable bonds is 2. The molecule has 0 bridgehead atoms. The Morgan fingerprint density at radius 1 is 0.588 bits per heavy atom. The first kappa shape index (κ1) is 17.6. The SMILES string of the molecule is O.[Cl][SnH][c]1ccccc1.[Cl][SnH][c]1ccccc1. The van der Waals surface area contributed by atoms with E-state index < -0.39 is 40.0 Å². The van der Waals surface area contributed by atoms with Crippen LogP contribution in [-0.4, -0.2) is 45.5 Å². The number of hydrogen-bond acceptors (Lipinski definition) is 0. The first-order chi connectivity index (χ1) is 7.86. The number of halogens is 2. The van der Waals surface area contributed by atoms with Crippen molar-refractivity contribution in [3.8, 4) is 0 Å². The zero-order valence-corrected chi connectivity index (χ0v) is 17.3. The Bertz CT molecular complexity index is 345. The second kappa shape index (κ2) is 11.7. The summed E-state index contributed by atoms with van der Waals surface area (Å²) >= 11 is -1.64. The molecular weight excluding hydrogens is 468 g/mol. The second-order valence-corrected chi connectivity index (χ2v) is 11.0. The van der Waals surface area contributed by atoms with E-state index in [0.717, 1.165) is 0 Å². The Morgan fingerprint density at radius 3 is 1.06 bits per heavy atom. The molecule has 0 fully saturated rings. The molecule has 2 aromatic rings. The van der Waals surface area contributed by atoms with E-state index in [9.17, 15) is 0 Å². The zero-order chi connectivity index (χ0) is 11.6. The van der Waals surface area contributed by atoms with Gasteiger partial charge >= 0.3 is 126 Å². The third kappa shape index (κ3) is 8.32. The van der Waals surface area contributed by atoms with Crippen LogP contribution in [0, 0.1) is 0 Å². The van der Waals surface area contributed by atoms with Crippen molar-refractivity contribution in [3.63, 3.8) is 0 Å². The molecular formula is C12H14Cl2OSn2. The van der Waals surface area contributed by atoms with Crippen molar-refractivity contribution in [2.75, 3.05) is 0 Å². The van der Waals surface area contributed by atoms with Crippen molar-refractivity contribution in [3.05, 3.63) is 60.7 Å². The average Bonchev–Trinajstić information content (AvgIpc) is 2.41. The van der Waals surface area contributed by atoms with Crippen molar-refractivity contribution >= 4 is 65.0 Å². The van der Waals surface area contributed by atoms with Gasteiger partial charge in [-0.2, -0.15) is 0 Å². The van der Waals surface area contributed by atoms with Crippen LogP contribution in [0.2, 0.25) is 0 Å². The minimum absolute atomic E-state index is 0. The molecule has 0 aliphatic carbocycles. The molecule has 0 unspecified atom stereocenters. The molecule has 0 aliphatic rings. The molecule has 0 aliphatic heterocycles. The van der Waals surface area contributed by atoms with Crippen LogP contribution in [-0.2, 0) is 0 Å². The van der Waals surface area contributed by atoms with E-state index in [-0.39, 0.29) is 5.48 Å². The Labute approximate surface area is 130 Å². The normalized spacial score (nSPS) is 8.59. The molecule has 2 N–H and O–H groups in total. The zero-order valence-electron chi connectivity index (χ0n) is 9.18. The summed E-state index contributed by atoms with van der Waals surface area (Å²) in [6.45, 7) is 0. The van der Waals surface area contributed by atoms with Crippen LogP contribution < -0.4 is 7.16 Å². The molecule has 2 radical (unpaired) electrons. The molecule has 2 aromatic carbocycles. The topological polar surface area (TPSA) is 31.5 Å². The van der Waals surface area contributed by atoms with Gasteiger partial charge in [0.15, 0.2) is 0 Å². The van der Waals surface area contributed by atoms with Gasteiger partial charge in [-0.05, 0) is 0 Å². The van der Waals surface area contributed by atoms with E-state index in [1.165, 1.54) is 7.16 Å². The van der Waals surface area contributed by atoms with Gasteiger partial charge in [0.25, 0.3) is 0 Å². The van der Waals surface area contributed by atoms with Crippen LogP contribution in [0.4, 0.5) is 0 Å². The van der Waals surface area contributed by atoms with Gasteiger partial charge in [-0.3, -0.25) is 0 Å². The fourth-order valence-corrected chi connectivity index (χ4v) is 5.10. The fourth-order valence-electron chi connectivity index (χ4n) is 1.05. The quantitative estimate of drug-likeness (QED) is 0.572. The molecule has 0 saturated heterocycles. The third-order valence-electron chi connectivity index (χ3n) is 1.85. The predicted octanol–water partition coefficient (Wildman–Crippen LogP) is 0.980. The van der Waals surface area contributed by atoms with Crippen LogP contribution in [0.1, 0.15) is 0 Å². The average molecular weight is 483 g/mol. The molecule has 0 atom stereocenters. The molecule has 0 amide bonds. The molecule has 1 nitrogen and oxygen atoms in total. The Hall–Kier alpha value is 0.577. The van der Waals surface area contributed by atoms with Crippen LogP contribution >= 0.6 is 17.8 Å². The van der Waals surface area contributed by atoms with E-state index in [2.05, 4.69) is 24.3 Å². The summed E-state index contributed by atoms with van der Waals surface area (Å²) in [5, 5.41) is 0. The van der Waals surface area contributed by atoms with E-state index in [4.69, 9.17) is 17.8 Å². The van der Waals surface area contributed by atoms with Gasteiger partial charge in [0.1, 0.15) is 0 Å². The second-order valence-electron chi connectivity index (χ2n) is 3.04. The number of benzene rings is 2. The van der Waals surface area contributed by atoms with Crippen LogP contribution in [0.3, 0.4) is 0 Å². The van der Waals surface area contributed by atoms with Crippen molar-refractivity contribution < 1.29 is 5.48 Å². The van der Waals surface area contributed by atoms with Gasteiger partial charge in [0.2, 0.25) is 0 Å². The van der Waals surface area contributed by atoms with E-state index in [1.54, 1.807) is 0 Å². The Balaban J connectivity index is 0.000000284. The molecule has 0 aromatic heterocycles. The van der Waals surface area contributed by atoms with E-state index >= 15 is 0 Å². The van der Waals surface area contributed by atoms with Crippen LogP contribution in [0.5, 0.6) is 0 Å². The third-order valence-corrected chi connectivity index (χ3v) is 8.87. The summed E-state index contributed by atoms with van der Waals surface area (Å²) in [6.07, 6.45) is 0. The standard InChI is InChI=1S/2C6H5.2ClH.H2O.2Sn.2H/c2*1-2-4-6-5-3-1;;;;;;;/h2*1-5H;2*1H;1H2;;;;/q;;;;;2*+1;;/p-2. The summed E-state index contributed by atoms with van der Waals surface area (Å²) in [6, 6.07) is 20.5. The predicted molar refractivity (Wildman–Crippen MR) is 81.8 cm³/mol. The number of hydrogen-bond donors (Lipinski definition) is 0. The molecule has 0 saturated carbocycles. The fraction of sp³-hybridized carbons (Fsp3) is 0. The summed E-state index contributed by atoms with van der Waals surface area (Å²) in [5.41, 5.74) is 0. The maximum atomic E-state index is 5.72. The molecule has 2 rings (SSSR count). The molecule has 17 heavy (non-hydrogen) atoms. The first-order valence-electron chi connectivity index (χ1n) is 4.84. The van der Waals surface area contributed by atoms with Gasteiger partial charge in [-0.1, -0.05) is 0 Å². The van der Waals surface area contributed by atoms with Gasteiger partial charge in [-0.15, -0.1) is 0 Å². The van der Waals surface area contributed by atoms with Crippen molar-refractivity contribution in [2.45, 2.75) is 0 Å². The monoisotopic (exact) mass is 484 g/mol. The Kier molecular flexibility index (Phi) is 12.1. The van der Waals surface area contributed by atoms with Gasteiger partial charge < -0.3 is 5.48 Å². The van der Waals surface area contributed by atoms with Crippen LogP contribution in [0.25, 0.3) is 0 Å². The van der Waals surface area contributed by atoms with Crippen molar-refractivity contribution in [2.24, 2.45) is 0 Å². The van der Waals surface area contributed by atoms with E-state index in [0.29, 0.717) is 0 Å². The first-order valence-corrected chi connectivity index (χ1v) is 16.5. The molecule has 5 heteroatoms. The molecule has 0 spiro atoms. The summed E-state index contributed by atoms with van der Waals surface area (Å²) in [4.78, 5) is 0. The summed E-state index contributed by atoms with van der Waals surface area (Å²) in [5.74, 6) is 0. The molecule has 90 valence electrons. The van der Waals surface area contributed by atoms with Gasteiger partial charge in [0, 0.05) is 0 Å². The Morgan fingerprint density at radius 2 is 0.882 bits per heavy atom. The summed E-state index contributed by atoms with van der Waals surface area (Å²) < 4.78 is 2.73. The maximum absolute atomic E-state index is 5.72. The van der Waals surface area contributed by atoms with Crippen molar-refractivity contribution in [1.29, 1.82) is 0 Å². The van der Waals surface area contributed by atoms with Gasteiger partial charge in [0.05, 0.1) is 0 Å². The van der Waals surface area contributed by atoms with Crippen molar-refractivity contribution in [1.82, 2.24) is 0 Å². The van der Waals surface area contributed by atoms with Crippen LogP contribution in [0.15, 0.2) is 60.7 Å².